The van der Waals surface area contributed by atoms with Crippen LogP contribution in [0.5, 0.6) is 0 Å². The lowest BCUT2D eigenvalue weighted by Crippen LogP contribution is -2.03. The molecule has 1 unspecified atom stereocenters. The van der Waals surface area contributed by atoms with Gasteiger partial charge in [-0.25, -0.2) is 0 Å². The molecule has 2 rings (SSSR count). The molecule has 0 bridgehead atoms. The van der Waals surface area contributed by atoms with Crippen LogP contribution in [0.3, 0.4) is 0 Å². The van der Waals surface area contributed by atoms with Crippen molar-refractivity contribution < 1.29 is 9.53 Å². The Hall–Kier alpha value is -0.370. The topological polar surface area (TPSA) is 26.3 Å². The fourth-order valence-electron chi connectivity index (χ4n) is 1.92. The number of hydrogen-bond donors (Lipinski definition) is 0. The Morgan fingerprint density at radius 1 is 1.06 bits per heavy atom. The van der Waals surface area contributed by atoms with Gasteiger partial charge in [0.05, 0.1) is 0 Å². The molecule has 2 fully saturated rings. The van der Waals surface area contributed by atoms with Crippen LogP contribution in [-0.4, -0.2) is 19.0 Å². The zero-order valence-electron chi connectivity index (χ0n) is 13.0. The van der Waals surface area contributed by atoms with E-state index in [2.05, 4.69) is 34.6 Å². The number of carbonyl (C=O) groups excluding carboxylic acids is 1. The number of carbonyl (C=O) groups is 1. The van der Waals surface area contributed by atoms with Gasteiger partial charge in [-0.2, -0.15) is 0 Å². The van der Waals surface area contributed by atoms with Crippen molar-refractivity contribution in [2.45, 2.75) is 66.7 Å². The summed E-state index contributed by atoms with van der Waals surface area (Å²) in [4.78, 5) is 10.8. The van der Waals surface area contributed by atoms with Crippen molar-refractivity contribution in [1.82, 2.24) is 0 Å². The third-order valence-electron chi connectivity index (χ3n) is 3.05. The van der Waals surface area contributed by atoms with E-state index in [0.29, 0.717) is 17.6 Å². The SMILES string of the molecule is C1CCOC1.CC(C)C.CC(C)C1CCC(=O)C1. The molecule has 0 radical (unpaired) electrons. The monoisotopic (exact) mass is 256 g/mol. The van der Waals surface area contributed by atoms with Gasteiger partial charge in [-0.05, 0) is 37.0 Å². The molecule has 18 heavy (non-hydrogen) atoms. The lowest BCUT2D eigenvalue weighted by Gasteiger charge is -2.10. The summed E-state index contributed by atoms with van der Waals surface area (Å²) >= 11 is 0. The minimum absolute atomic E-state index is 0.466. The van der Waals surface area contributed by atoms with Gasteiger partial charge in [0.15, 0.2) is 0 Å². The average Bonchev–Trinajstić information content (AvgIpc) is 2.88. The standard InChI is InChI=1S/C8H14O.C4H8O.C4H10/c1-6(2)7-3-4-8(9)5-7;1-2-4-5-3-1;1-4(2)3/h6-7H,3-5H2,1-2H3;1-4H2;4H,1-3H3. The zero-order chi connectivity index (χ0) is 14.0. The molecule has 108 valence electrons. The maximum absolute atomic E-state index is 10.8. The first-order chi connectivity index (χ1) is 8.43. The highest BCUT2D eigenvalue weighted by Gasteiger charge is 2.23. The summed E-state index contributed by atoms with van der Waals surface area (Å²) in [5, 5.41) is 0. The second kappa shape index (κ2) is 10.5. The van der Waals surface area contributed by atoms with Crippen LogP contribution in [-0.2, 0) is 9.53 Å². The molecule has 2 aliphatic rings. The average molecular weight is 256 g/mol. The second-order valence-corrected chi connectivity index (χ2v) is 6.34. The fraction of sp³-hybridized carbons (Fsp3) is 0.938. The van der Waals surface area contributed by atoms with E-state index in [1.54, 1.807) is 0 Å². The van der Waals surface area contributed by atoms with E-state index in [9.17, 15) is 4.79 Å². The van der Waals surface area contributed by atoms with Crippen molar-refractivity contribution in [2.24, 2.45) is 17.8 Å². The maximum atomic E-state index is 10.8. The highest BCUT2D eigenvalue weighted by molar-refractivity contribution is 5.80. The molecule has 0 spiro atoms. The Bertz CT molecular complexity index is 195. The van der Waals surface area contributed by atoms with Crippen LogP contribution in [0.4, 0.5) is 0 Å². The summed E-state index contributed by atoms with van der Waals surface area (Å²) in [6.45, 7) is 12.9. The lowest BCUT2D eigenvalue weighted by molar-refractivity contribution is -0.117. The molecule has 0 aromatic heterocycles. The predicted molar refractivity (Wildman–Crippen MR) is 77.8 cm³/mol. The zero-order valence-corrected chi connectivity index (χ0v) is 13.0. The minimum atomic E-state index is 0.466. The second-order valence-electron chi connectivity index (χ2n) is 6.34. The predicted octanol–water partition coefficient (Wildman–Crippen LogP) is 4.47. The van der Waals surface area contributed by atoms with Crippen LogP contribution < -0.4 is 0 Å². The molecule has 0 aromatic rings. The van der Waals surface area contributed by atoms with Crippen molar-refractivity contribution in [3.05, 3.63) is 0 Å². The quantitative estimate of drug-likeness (QED) is 0.692. The van der Waals surface area contributed by atoms with E-state index in [0.717, 1.165) is 38.4 Å². The summed E-state index contributed by atoms with van der Waals surface area (Å²) in [7, 11) is 0. The molecule has 0 aromatic carbocycles. The van der Waals surface area contributed by atoms with E-state index in [4.69, 9.17) is 4.74 Å². The molecular weight excluding hydrogens is 224 g/mol. The summed E-state index contributed by atoms with van der Waals surface area (Å²) in [5.74, 6) is 2.70. The Labute approximate surface area is 113 Å². The van der Waals surface area contributed by atoms with Crippen molar-refractivity contribution >= 4 is 5.78 Å². The van der Waals surface area contributed by atoms with Gasteiger partial charge >= 0.3 is 0 Å². The highest BCUT2D eigenvalue weighted by Crippen LogP contribution is 2.28. The van der Waals surface area contributed by atoms with Gasteiger partial charge in [0.2, 0.25) is 0 Å². The number of ketones is 1. The first-order valence-electron chi connectivity index (χ1n) is 7.53. The Morgan fingerprint density at radius 2 is 1.56 bits per heavy atom. The summed E-state index contributed by atoms with van der Waals surface area (Å²) in [6.07, 6.45) is 5.37. The van der Waals surface area contributed by atoms with Crippen molar-refractivity contribution in [1.29, 1.82) is 0 Å². The van der Waals surface area contributed by atoms with Gasteiger partial charge < -0.3 is 4.74 Å². The molecular formula is C16H32O2. The molecule has 1 aliphatic carbocycles. The Balaban J connectivity index is 0.000000272. The molecule has 0 N–H and O–H groups in total. The first-order valence-corrected chi connectivity index (χ1v) is 7.53. The summed E-state index contributed by atoms with van der Waals surface area (Å²) < 4.78 is 4.94. The number of rotatable bonds is 1. The summed E-state index contributed by atoms with van der Waals surface area (Å²) in [6, 6.07) is 0. The van der Waals surface area contributed by atoms with Gasteiger partial charge in [0.25, 0.3) is 0 Å². The number of hydrogen-bond acceptors (Lipinski definition) is 2. The van der Waals surface area contributed by atoms with Crippen molar-refractivity contribution in [3.8, 4) is 0 Å². The van der Waals surface area contributed by atoms with Crippen LogP contribution >= 0.6 is 0 Å². The lowest BCUT2D eigenvalue weighted by atomic mass is 9.95. The summed E-state index contributed by atoms with van der Waals surface area (Å²) in [5.41, 5.74) is 0. The van der Waals surface area contributed by atoms with Gasteiger partial charge in [-0.3, -0.25) is 4.79 Å². The van der Waals surface area contributed by atoms with E-state index in [1.807, 2.05) is 0 Å². The normalized spacial score (nSPS) is 22.6. The molecule has 1 atom stereocenters. The third kappa shape index (κ3) is 10.8. The van der Waals surface area contributed by atoms with Crippen LogP contribution in [0.1, 0.15) is 66.7 Å². The Kier molecular flexibility index (Phi) is 10.3. The van der Waals surface area contributed by atoms with Gasteiger partial charge in [-0.15, -0.1) is 0 Å². The fourth-order valence-corrected chi connectivity index (χ4v) is 1.92. The van der Waals surface area contributed by atoms with Gasteiger partial charge in [0.1, 0.15) is 5.78 Å². The maximum Gasteiger partial charge on any atom is 0.133 e. The van der Waals surface area contributed by atoms with Gasteiger partial charge in [-0.1, -0.05) is 34.6 Å². The molecule has 1 heterocycles. The van der Waals surface area contributed by atoms with E-state index in [-0.39, 0.29) is 0 Å². The van der Waals surface area contributed by atoms with Crippen LogP contribution in [0.15, 0.2) is 0 Å². The highest BCUT2D eigenvalue weighted by atomic mass is 16.5. The molecule has 2 nitrogen and oxygen atoms in total. The minimum Gasteiger partial charge on any atom is -0.381 e. The van der Waals surface area contributed by atoms with Crippen molar-refractivity contribution in [3.63, 3.8) is 0 Å². The number of Topliss-reactive ketones (excluding diaryl/α,β-unsaturated/α-hetero) is 1. The van der Waals surface area contributed by atoms with Crippen LogP contribution in [0, 0.1) is 17.8 Å². The Morgan fingerprint density at radius 3 is 1.72 bits per heavy atom. The molecule has 0 amide bonds. The smallest absolute Gasteiger partial charge is 0.133 e. The molecule has 1 aliphatic heterocycles. The van der Waals surface area contributed by atoms with Crippen LogP contribution in [0.25, 0.3) is 0 Å². The van der Waals surface area contributed by atoms with Crippen molar-refractivity contribution in [2.75, 3.05) is 13.2 Å². The molecule has 1 saturated heterocycles. The largest absolute Gasteiger partial charge is 0.381 e. The number of ether oxygens (including phenoxy) is 1. The molecule has 1 saturated carbocycles. The first kappa shape index (κ1) is 17.6. The van der Waals surface area contributed by atoms with E-state index >= 15 is 0 Å². The van der Waals surface area contributed by atoms with E-state index < -0.39 is 0 Å². The van der Waals surface area contributed by atoms with Gasteiger partial charge in [0, 0.05) is 26.1 Å². The van der Waals surface area contributed by atoms with E-state index in [1.165, 1.54) is 12.8 Å². The molecule has 2 heteroatoms. The third-order valence-corrected chi connectivity index (χ3v) is 3.05. The van der Waals surface area contributed by atoms with Crippen LogP contribution in [0.2, 0.25) is 0 Å².